The molecule has 1 saturated heterocycles. The molecule has 0 aromatic heterocycles. The molecule has 0 radical (unpaired) electrons. The first kappa shape index (κ1) is 17.1. The van der Waals surface area contributed by atoms with Crippen LogP contribution in [-0.2, 0) is 9.53 Å². The first-order chi connectivity index (χ1) is 12.5. The Hall–Kier alpha value is -2.34. The van der Waals surface area contributed by atoms with E-state index in [0.717, 1.165) is 43.9 Å². The molecular weight excluding hydrogens is 330 g/mol. The second-order valence-corrected chi connectivity index (χ2v) is 7.63. The van der Waals surface area contributed by atoms with Gasteiger partial charge in [0.05, 0.1) is 18.9 Å². The van der Waals surface area contributed by atoms with E-state index in [0.29, 0.717) is 18.8 Å². The number of morpholine rings is 1. The van der Waals surface area contributed by atoms with Crippen molar-refractivity contribution in [3.63, 3.8) is 0 Å². The van der Waals surface area contributed by atoms with Crippen LogP contribution >= 0.6 is 0 Å². The summed E-state index contributed by atoms with van der Waals surface area (Å²) < 4.78 is 5.43. The van der Waals surface area contributed by atoms with E-state index in [1.165, 1.54) is 0 Å². The van der Waals surface area contributed by atoms with Crippen molar-refractivity contribution in [3.05, 3.63) is 41.6 Å². The van der Waals surface area contributed by atoms with Gasteiger partial charge < -0.3 is 19.4 Å². The molecule has 2 aliphatic heterocycles. The number of nitrogens with zero attached hydrogens (tertiary/aromatic N) is 3. The summed E-state index contributed by atoms with van der Waals surface area (Å²) in [5.41, 5.74) is 2.42. The second-order valence-electron chi connectivity index (χ2n) is 7.63. The van der Waals surface area contributed by atoms with Gasteiger partial charge in [-0.2, -0.15) is 0 Å². The molecular formula is C20H25N3O3. The van der Waals surface area contributed by atoms with E-state index in [-0.39, 0.29) is 17.2 Å². The maximum atomic E-state index is 13.2. The summed E-state index contributed by atoms with van der Waals surface area (Å²) in [6.07, 6.45) is 4.45. The van der Waals surface area contributed by atoms with Crippen molar-refractivity contribution < 1.29 is 14.3 Å². The summed E-state index contributed by atoms with van der Waals surface area (Å²) in [7, 11) is 3.47. The predicted octanol–water partition coefficient (Wildman–Crippen LogP) is 1.73. The van der Waals surface area contributed by atoms with Gasteiger partial charge in [-0.15, -0.1) is 0 Å². The van der Waals surface area contributed by atoms with Gasteiger partial charge in [-0.05, 0) is 43.2 Å². The molecule has 6 nitrogen and oxygen atoms in total. The van der Waals surface area contributed by atoms with Crippen LogP contribution in [0.1, 0.15) is 23.2 Å². The molecule has 3 aliphatic rings. The zero-order chi connectivity index (χ0) is 18.3. The lowest BCUT2D eigenvalue weighted by Crippen LogP contribution is -2.48. The van der Waals surface area contributed by atoms with Crippen LogP contribution in [0.4, 0.5) is 5.69 Å². The van der Waals surface area contributed by atoms with Crippen molar-refractivity contribution >= 4 is 17.5 Å². The van der Waals surface area contributed by atoms with Crippen molar-refractivity contribution in [3.8, 4) is 0 Å². The lowest BCUT2D eigenvalue weighted by Gasteiger charge is -2.38. The molecule has 0 unspecified atom stereocenters. The van der Waals surface area contributed by atoms with Crippen LogP contribution in [0.3, 0.4) is 0 Å². The van der Waals surface area contributed by atoms with Crippen LogP contribution in [0.5, 0.6) is 0 Å². The monoisotopic (exact) mass is 355 g/mol. The van der Waals surface area contributed by atoms with Gasteiger partial charge in [-0.1, -0.05) is 0 Å². The molecule has 0 N–H and O–H groups in total. The topological polar surface area (TPSA) is 53.1 Å². The lowest BCUT2D eigenvalue weighted by atomic mass is 9.98. The fraction of sp³-hybridized carbons (Fsp3) is 0.500. The largest absolute Gasteiger partial charge is 0.378 e. The fourth-order valence-electron chi connectivity index (χ4n) is 3.67. The Morgan fingerprint density at radius 2 is 1.77 bits per heavy atom. The van der Waals surface area contributed by atoms with Gasteiger partial charge >= 0.3 is 0 Å². The standard InChI is InChI=1S/C20H25N3O3/c1-21(2)18(24)15-3-5-16(6-4-15)23-14-20(7-8-20)13-17(19(23)25)22-9-11-26-12-10-22/h3-6,13H,7-12,14H2,1-2H3. The zero-order valence-corrected chi connectivity index (χ0v) is 15.4. The van der Waals surface area contributed by atoms with Gasteiger partial charge in [0.25, 0.3) is 11.8 Å². The first-order valence-corrected chi connectivity index (χ1v) is 9.18. The van der Waals surface area contributed by atoms with Gasteiger partial charge in [0.15, 0.2) is 0 Å². The van der Waals surface area contributed by atoms with E-state index in [4.69, 9.17) is 4.74 Å². The molecule has 4 rings (SSSR count). The molecule has 2 amide bonds. The van der Waals surface area contributed by atoms with Crippen molar-refractivity contribution in [1.29, 1.82) is 0 Å². The zero-order valence-electron chi connectivity index (χ0n) is 15.4. The van der Waals surface area contributed by atoms with Gasteiger partial charge in [0, 0.05) is 50.4 Å². The normalized spacial score (nSPS) is 21.6. The smallest absolute Gasteiger partial charge is 0.274 e. The molecule has 2 heterocycles. The highest BCUT2D eigenvalue weighted by atomic mass is 16.5. The Bertz CT molecular complexity index is 744. The molecule has 1 spiro atoms. The minimum Gasteiger partial charge on any atom is -0.378 e. The minimum absolute atomic E-state index is 0.0333. The van der Waals surface area contributed by atoms with E-state index in [9.17, 15) is 9.59 Å². The number of ether oxygens (including phenoxy) is 1. The molecule has 1 aliphatic carbocycles. The average molecular weight is 355 g/mol. The number of benzene rings is 1. The first-order valence-electron chi connectivity index (χ1n) is 9.18. The highest BCUT2D eigenvalue weighted by molar-refractivity contribution is 6.06. The van der Waals surface area contributed by atoms with Crippen molar-refractivity contribution in [2.45, 2.75) is 12.8 Å². The molecule has 0 atom stereocenters. The number of hydrogen-bond acceptors (Lipinski definition) is 4. The SMILES string of the molecule is CN(C)C(=O)c1ccc(N2CC3(C=C(N4CCOCC4)C2=O)CC3)cc1. The molecule has 1 saturated carbocycles. The van der Waals surface area contributed by atoms with E-state index in [1.54, 1.807) is 31.1 Å². The maximum absolute atomic E-state index is 13.2. The third-order valence-electron chi connectivity index (χ3n) is 5.46. The van der Waals surface area contributed by atoms with Gasteiger partial charge in [-0.25, -0.2) is 0 Å². The molecule has 0 bridgehead atoms. The Balaban J connectivity index is 1.60. The number of carbonyl (C=O) groups is 2. The summed E-state index contributed by atoms with van der Waals surface area (Å²) in [5.74, 6) is 0.0187. The predicted molar refractivity (Wildman–Crippen MR) is 99.0 cm³/mol. The van der Waals surface area contributed by atoms with E-state index >= 15 is 0 Å². The van der Waals surface area contributed by atoms with Crippen LogP contribution < -0.4 is 4.90 Å². The Morgan fingerprint density at radius 1 is 1.12 bits per heavy atom. The summed E-state index contributed by atoms with van der Waals surface area (Å²) in [4.78, 5) is 30.8. The van der Waals surface area contributed by atoms with Gasteiger partial charge in [-0.3, -0.25) is 9.59 Å². The Kier molecular flexibility index (Phi) is 4.23. The number of hydrogen-bond donors (Lipinski definition) is 0. The van der Waals surface area contributed by atoms with Crippen molar-refractivity contribution in [2.75, 3.05) is 51.8 Å². The van der Waals surface area contributed by atoms with Crippen LogP contribution in [0.15, 0.2) is 36.0 Å². The van der Waals surface area contributed by atoms with E-state index < -0.39 is 0 Å². The maximum Gasteiger partial charge on any atom is 0.274 e. The molecule has 2 fully saturated rings. The van der Waals surface area contributed by atoms with Gasteiger partial charge in [0.2, 0.25) is 0 Å². The molecule has 6 heteroatoms. The van der Waals surface area contributed by atoms with Gasteiger partial charge in [0.1, 0.15) is 0 Å². The summed E-state index contributed by atoms with van der Waals surface area (Å²) >= 11 is 0. The second kappa shape index (κ2) is 6.43. The Labute approximate surface area is 154 Å². The third kappa shape index (κ3) is 3.09. The minimum atomic E-state index is -0.0333. The molecule has 138 valence electrons. The fourth-order valence-corrected chi connectivity index (χ4v) is 3.67. The average Bonchev–Trinajstić information content (AvgIpc) is 3.42. The number of carbonyl (C=O) groups excluding carboxylic acids is 2. The molecule has 1 aromatic rings. The number of anilines is 1. The van der Waals surface area contributed by atoms with Crippen LogP contribution in [-0.4, -0.2) is 68.6 Å². The summed E-state index contributed by atoms with van der Waals surface area (Å²) in [6.45, 7) is 3.58. The van der Waals surface area contributed by atoms with Crippen LogP contribution in [0, 0.1) is 5.41 Å². The van der Waals surface area contributed by atoms with Crippen LogP contribution in [0.2, 0.25) is 0 Å². The lowest BCUT2D eigenvalue weighted by molar-refractivity contribution is -0.117. The Morgan fingerprint density at radius 3 is 2.35 bits per heavy atom. The highest BCUT2D eigenvalue weighted by Crippen LogP contribution is 2.51. The summed E-state index contributed by atoms with van der Waals surface area (Å²) in [6, 6.07) is 7.37. The van der Waals surface area contributed by atoms with E-state index in [1.807, 2.05) is 17.0 Å². The van der Waals surface area contributed by atoms with Crippen LogP contribution in [0.25, 0.3) is 0 Å². The van der Waals surface area contributed by atoms with Crippen molar-refractivity contribution in [2.24, 2.45) is 5.41 Å². The molecule has 26 heavy (non-hydrogen) atoms. The third-order valence-corrected chi connectivity index (χ3v) is 5.46. The quantitative estimate of drug-likeness (QED) is 0.829. The molecule has 1 aromatic carbocycles. The van der Waals surface area contributed by atoms with Crippen molar-refractivity contribution in [1.82, 2.24) is 9.80 Å². The number of amides is 2. The summed E-state index contributed by atoms with van der Waals surface area (Å²) in [5, 5.41) is 0. The highest BCUT2D eigenvalue weighted by Gasteiger charge is 2.48. The number of rotatable bonds is 3. The van der Waals surface area contributed by atoms with E-state index in [2.05, 4.69) is 11.0 Å².